The summed E-state index contributed by atoms with van der Waals surface area (Å²) in [6.07, 6.45) is 6.97. The maximum absolute atomic E-state index is 5.77. The lowest BCUT2D eigenvalue weighted by molar-refractivity contribution is 0.0624. The summed E-state index contributed by atoms with van der Waals surface area (Å²) >= 11 is 1.83. The summed E-state index contributed by atoms with van der Waals surface area (Å²) in [5, 5.41) is 4.44. The average Bonchev–Trinajstić information content (AvgIpc) is 2.79. The highest BCUT2D eigenvalue weighted by molar-refractivity contribution is 8.13. The molecule has 2 aliphatic rings. The first-order valence-electron chi connectivity index (χ1n) is 5.98. The molecule has 3 nitrogen and oxygen atoms in total. The van der Waals surface area contributed by atoms with Crippen molar-refractivity contribution in [1.29, 1.82) is 0 Å². The molecule has 0 aromatic heterocycles. The number of ether oxygens (including phenoxy) is 1. The van der Waals surface area contributed by atoms with Crippen LogP contribution in [0, 0.1) is 0 Å². The van der Waals surface area contributed by atoms with E-state index in [9.17, 15) is 0 Å². The van der Waals surface area contributed by atoms with Crippen LogP contribution in [0.3, 0.4) is 0 Å². The number of aliphatic imine (C=N–C) groups is 1. The van der Waals surface area contributed by atoms with Gasteiger partial charge >= 0.3 is 0 Å². The molecule has 0 saturated heterocycles. The van der Waals surface area contributed by atoms with E-state index in [-0.39, 0.29) is 0 Å². The third kappa shape index (κ3) is 4.03. The van der Waals surface area contributed by atoms with E-state index in [1.165, 1.54) is 37.9 Å². The fraction of sp³-hybridized carbons (Fsp3) is 0.909. The van der Waals surface area contributed by atoms with Gasteiger partial charge in [-0.15, -0.1) is 0 Å². The molecule has 1 heterocycles. The number of thioether (sulfide) groups is 1. The molecule has 0 radical (unpaired) electrons. The highest BCUT2D eigenvalue weighted by Gasteiger charge is 2.14. The van der Waals surface area contributed by atoms with Gasteiger partial charge in [0, 0.05) is 18.8 Å². The van der Waals surface area contributed by atoms with Gasteiger partial charge in [0.05, 0.1) is 12.7 Å². The summed E-state index contributed by atoms with van der Waals surface area (Å²) in [5.41, 5.74) is 0. The molecule has 0 amide bonds. The first-order chi connectivity index (χ1) is 7.45. The number of nitrogens with one attached hydrogen (secondary N) is 1. The van der Waals surface area contributed by atoms with E-state index in [2.05, 4.69) is 10.3 Å². The summed E-state index contributed by atoms with van der Waals surface area (Å²) in [7, 11) is 0. The van der Waals surface area contributed by atoms with E-state index in [0.717, 1.165) is 24.9 Å². The monoisotopic (exact) mass is 228 g/mol. The first kappa shape index (κ1) is 11.3. The molecule has 0 unspecified atom stereocenters. The van der Waals surface area contributed by atoms with E-state index >= 15 is 0 Å². The van der Waals surface area contributed by atoms with Crippen LogP contribution < -0.4 is 5.32 Å². The molecule has 86 valence electrons. The smallest absolute Gasteiger partial charge is 0.156 e. The zero-order valence-corrected chi connectivity index (χ0v) is 10.0. The normalized spacial score (nSPS) is 22.8. The molecule has 0 atom stereocenters. The first-order valence-corrected chi connectivity index (χ1v) is 6.96. The molecule has 1 N–H and O–H groups in total. The molecule has 1 aliphatic heterocycles. The fourth-order valence-electron chi connectivity index (χ4n) is 2.01. The van der Waals surface area contributed by atoms with Gasteiger partial charge in [-0.25, -0.2) is 0 Å². The SMILES string of the molecule is C1CN=C(NCCOC2CCCC2)SC1. The third-order valence-electron chi connectivity index (χ3n) is 2.83. The number of hydrogen-bond acceptors (Lipinski definition) is 4. The van der Waals surface area contributed by atoms with Gasteiger partial charge in [-0.3, -0.25) is 4.99 Å². The third-order valence-corrected chi connectivity index (χ3v) is 3.87. The van der Waals surface area contributed by atoms with Gasteiger partial charge < -0.3 is 10.1 Å². The Kier molecular flexibility index (Phi) is 4.79. The predicted molar refractivity (Wildman–Crippen MR) is 65.6 cm³/mol. The molecule has 1 fully saturated rings. The highest BCUT2D eigenvalue weighted by Crippen LogP contribution is 2.20. The van der Waals surface area contributed by atoms with Gasteiger partial charge in [0.2, 0.25) is 0 Å². The molecule has 1 saturated carbocycles. The number of amidine groups is 1. The molecule has 1 aliphatic carbocycles. The number of nitrogens with zero attached hydrogens (tertiary/aromatic N) is 1. The Morgan fingerprint density at radius 1 is 1.33 bits per heavy atom. The van der Waals surface area contributed by atoms with Crippen LogP contribution in [0.15, 0.2) is 4.99 Å². The zero-order chi connectivity index (χ0) is 10.3. The largest absolute Gasteiger partial charge is 0.376 e. The summed E-state index contributed by atoms with van der Waals surface area (Å²) < 4.78 is 5.77. The van der Waals surface area contributed by atoms with E-state index in [0.29, 0.717) is 6.10 Å². The van der Waals surface area contributed by atoms with Crippen molar-refractivity contribution < 1.29 is 4.74 Å². The number of hydrogen-bond donors (Lipinski definition) is 1. The van der Waals surface area contributed by atoms with Crippen molar-refractivity contribution in [3.8, 4) is 0 Å². The Labute approximate surface area is 96.1 Å². The van der Waals surface area contributed by atoms with Crippen LogP contribution in [-0.4, -0.2) is 36.7 Å². The van der Waals surface area contributed by atoms with E-state index in [1.807, 2.05) is 11.8 Å². The molecule has 4 heteroatoms. The fourth-order valence-corrected chi connectivity index (χ4v) is 2.86. The predicted octanol–water partition coefficient (Wildman–Crippen LogP) is 2.03. The van der Waals surface area contributed by atoms with Crippen LogP contribution in [0.4, 0.5) is 0 Å². The Hall–Kier alpha value is -0.220. The number of rotatable bonds is 4. The topological polar surface area (TPSA) is 33.6 Å². The molecular weight excluding hydrogens is 208 g/mol. The molecule has 15 heavy (non-hydrogen) atoms. The van der Waals surface area contributed by atoms with Gasteiger partial charge in [0.25, 0.3) is 0 Å². The lowest BCUT2D eigenvalue weighted by Crippen LogP contribution is -2.28. The standard InChI is InChI=1S/C11H20N2OS/c1-2-5-10(4-1)14-8-7-13-11-12-6-3-9-15-11/h10H,1-9H2,(H,12,13). The lowest BCUT2D eigenvalue weighted by atomic mass is 10.3. The van der Waals surface area contributed by atoms with Crippen molar-refractivity contribution >= 4 is 16.9 Å². The van der Waals surface area contributed by atoms with Gasteiger partial charge in [0.1, 0.15) is 0 Å². The Balaban J connectivity index is 1.52. The van der Waals surface area contributed by atoms with Crippen molar-refractivity contribution in [2.45, 2.75) is 38.2 Å². The Bertz CT molecular complexity index is 215. The van der Waals surface area contributed by atoms with Gasteiger partial charge in [0.15, 0.2) is 5.17 Å². The quantitative estimate of drug-likeness (QED) is 0.748. The Morgan fingerprint density at radius 3 is 2.93 bits per heavy atom. The van der Waals surface area contributed by atoms with Crippen LogP contribution in [0.1, 0.15) is 32.1 Å². The minimum Gasteiger partial charge on any atom is -0.376 e. The maximum atomic E-state index is 5.77. The second-order valence-corrected chi connectivity index (χ2v) is 5.18. The maximum Gasteiger partial charge on any atom is 0.156 e. The van der Waals surface area contributed by atoms with E-state index < -0.39 is 0 Å². The molecular formula is C11H20N2OS. The van der Waals surface area contributed by atoms with E-state index in [4.69, 9.17) is 4.74 Å². The van der Waals surface area contributed by atoms with Crippen molar-refractivity contribution in [1.82, 2.24) is 5.32 Å². The molecule has 0 spiro atoms. The zero-order valence-electron chi connectivity index (χ0n) is 9.21. The van der Waals surface area contributed by atoms with Crippen molar-refractivity contribution in [2.24, 2.45) is 4.99 Å². The van der Waals surface area contributed by atoms with Gasteiger partial charge in [-0.2, -0.15) is 0 Å². The summed E-state index contributed by atoms with van der Waals surface area (Å²) in [6, 6.07) is 0. The Morgan fingerprint density at radius 2 is 2.20 bits per heavy atom. The molecule has 0 bridgehead atoms. The second-order valence-electron chi connectivity index (χ2n) is 4.09. The van der Waals surface area contributed by atoms with Crippen LogP contribution in [-0.2, 0) is 4.74 Å². The van der Waals surface area contributed by atoms with Gasteiger partial charge in [-0.05, 0) is 19.3 Å². The highest BCUT2D eigenvalue weighted by atomic mass is 32.2. The summed E-state index contributed by atoms with van der Waals surface area (Å²) in [4.78, 5) is 4.41. The lowest BCUT2D eigenvalue weighted by Gasteiger charge is -2.15. The van der Waals surface area contributed by atoms with Crippen LogP contribution in [0.5, 0.6) is 0 Å². The van der Waals surface area contributed by atoms with E-state index in [1.54, 1.807) is 0 Å². The van der Waals surface area contributed by atoms with Crippen LogP contribution in [0.25, 0.3) is 0 Å². The van der Waals surface area contributed by atoms with Crippen molar-refractivity contribution in [2.75, 3.05) is 25.4 Å². The molecule has 2 rings (SSSR count). The molecule has 0 aromatic rings. The summed E-state index contributed by atoms with van der Waals surface area (Å²) in [5.74, 6) is 1.20. The van der Waals surface area contributed by atoms with Crippen LogP contribution >= 0.6 is 11.8 Å². The van der Waals surface area contributed by atoms with Crippen LogP contribution in [0.2, 0.25) is 0 Å². The average molecular weight is 228 g/mol. The minimum atomic E-state index is 0.535. The molecule has 0 aromatic carbocycles. The minimum absolute atomic E-state index is 0.535. The van der Waals surface area contributed by atoms with Gasteiger partial charge in [-0.1, -0.05) is 24.6 Å². The van der Waals surface area contributed by atoms with Crippen molar-refractivity contribution in [3.05, 3.63) is 0 Å². The second kappa shape index (κ2) is 6.38. The van der Waals surface area contributed by atoms with Crippen molar-refractivity contribution in [3.63, 3.8) is 0 Å². The summed E-state index contributed by atoms with van der Waals surface area (Å²) in [6.45, 7) is 2.71.